The van der Waals surface area contributed by atoms with E-state index in [4.69, 9.17) is 15.2 Å². The second-order valence-corrected chi connectivity index (χ2v) is 6.45. The first-order valence-corrected chi connectivity index (χ1v) is 8.18. The van der Waals surface area contributed by atoms with Gasteiger partial charge in [0.05, 0.1) is 13.2 Å². The Balaban J connectivity index is 2.36. The van der Waals surface area contributed by atoms with E-state index in [-0.39, 0.29) is 11.3 Å². The van der Waals surface area contributed by atoms with Gasteiger partial charge in [-0.1, -0.05) is 26.0 Å². The zero-order valence-corrected chi connectivity index (χ0v) is 14.8. The molecule has 0 radical (unpaired) electrons. The Labute approximate surface area is 139 Å². The number of carbonyl (C=O) groups excluding carboxylic acids is 1. The van der Waals surface area contributed by atoms with Crippen LogP contribution >= 0.6 is 0 Å². The van der Waals surface area contributed by atoms with Gasteiger partial charge in [0.1, 0.15) is 0 Å². The lowest BCUT2D eigenvalue weighted by atomic mass is 9.93. The maximum atomic E-state index is 12.1. The minimum absolute atomic E-state index is 0.0582. The number of hydrogen-bond acceptors (Lipinski definition) is 4. The molecule has 0 aliphatic heterocycles. The molecule has 0 unspecified atom stereocenters. The van der Waals surface area contributed by atoms with Gasteiger partial charge in [-0.2, -0.15) is 0 Å². The molecule has 1 aromatic rings. The number of carbonyl (C=O) groups is 1. The molecule has 0 atom stereocenters. The Kier molecular flexibility index (Phi) is 7.89. The molecule has 0 fully saturated rings. The second kappa shape index (κ2) is 9.40. The first kappa shape index (κ1) is 19.3. The van der Waals surface area contributed by atoms with Crippen LogP contribution in [0.4, 0.5) is 0 Å². The van der Waals surface area contributed by atoms with Gasteiger partial charge in [-0.15, -0.1) is 0 Å². The lowest BCUT2D eigenvalue weighted by Gasteiger charge is -2.29. The molecule has 1 rings (SSSR count). The van der Waals surface area contributed by atoms with Crippen LogP contribution in [0.15, 0.2) is 24.3 Å². The van der Waals surface area contributed by atoms with Crippen LogP contribution in [0.1, 0.15) is 33.6 Å². The van der Waals surface area contributed by atoms with E-state index in [9.17, 15) is 4.79 Å². The Morgan fingerprint density at radius 2 is 1.83 bits per heavy atom. The van der Waals surface area contributed by atoms with Crippen LogP contribution < -0.4 is 15.2 Å². The molecule has 130 valence electrons. The van der Waals surface area contributed by atoms with Gasteiger partial charge in [-0.25, -0.2) is 0 Å². The SMILES string of the molecule is CCOc1ccccc1OCCCC(=O)N(C)CC(C)(C)CN. The Bertz CT molecular complexity index is 489. The highest BCUT2D eigenvalue weighted by Crippen LogP contribution is 2.26. The first-order chi connectivity index (χ1) is 10.9. The standard InChI is InChI=1S/C18H30N2O3/c1-5-22-15-9-6-7-10-16(15)23-12-8-11-17(21)20(4)14-18(2,3)13-19/h6-7,9-10H,5,8,11-14,19H2,1-4H3. The second-order valence-electron chi connectivity index (χ2n) is 6.45. The van der Waals surface area contributed by atoms with E-state index < -0.39 is 0 Å². The average molecular weight is 322 g/mol. The van der Waals surface area contributed by atoms with Crippen molar-refractivity contribution in [3.05, 3.63) is 24.3 Å². The molecule has 0 aliphatic rings. The molecule has 2 N–H and O–H groups in total. The van der Waals surface area contributed by atoms with Gasteiger partial charge in [0.15, 0.2) is 11.5 Å². The largest absolute Gasteiger partial charge is 0.490 e. The van der Waals surface area contributed by atoms with E-state index in [2.05, 4.69) is 13.8 Å². The molecule has 0 saturated heterocycles. The molecule has 0 heterocycles. The summed E-state index contributed by atoms with van der Waals surface area (Å²) in [5.74, 6) is 1.58. The molecule has 23 heavy (non-hydrogen) atoms. The van der Waals surface area contributed by atoms with Gasteiger partial charge in [0, 0.05) is 20.0 Å². The highest BCUT2D eigenvalue weighted by atomic mass is 16.5. The molecule has 0 bridgehead atoms. The predicted molar refractivity (Wildman–Crippen MR) is 92.8 cm³/mol. The normalized spacial score (nSPS) is 11.2. The molecule has 1 aromatic carbocycles. The number of nitrogens with zero attached hydrogens (tertiary/aromatic N) is 1. The quantitative estimate of drug-likeness (QED) is 0.673. The summed E-state index contributed by atoms with van der Waals surface area (Å²) in [6.45, 7) is 8.37. The molecule has 5 nitrogen and oxygen atoms in total. The van der Waals surface area contributed by atoms with Crippen molar-refractivity contribution in [2.75, 3.05) is 33.4 Å². The van der Waals surface area contributed by atoms with Crippen LogP contribution in [0.25, 0.3) is 0 Å². The summed E-state index contributed by atoms with van der Waals surface area (Å²) in [6.07, 6.45) is 1.14. The van der Waals surface area contributed by atoms with E-state index in [0.717, 1.165) is 11.5 Å². The Morgan fingerprint density at radius 1 is 1.22 bits per heavy atom. The molecule has 0 saturated carbocycles. The number of hydrogen-bond donors (Lipinski definition) is 1. The van der Waals surface area contributed by atoms with Crippen molar-refractivity contribution in [3.63, 3.8) is 0 Å². The van der Waals surface area contributed by atoms with Crippen molar-refractivity contribution in [1.29, 1.82) is 0 Å². The highest BCUT2D eigenvalue weighted by molar-refractivity contribution is 5.75. The van der Waals surface area contributed by atoms with Crippen molar-refractivity contribution in [2.24, 2.45) is 11.1 Å². The summed E-state index contributed by atoms with van der Waals surface area (Å²) in [7, 11) is 1.82. The number of amides is 1. The smallest absolute Gasteiger partial charge is 0.222 e. The van der Waals surface area contributed by atoms with E-state index in [1.54, 1.807) is 4.90 Å². The van der Waals surface area contributed by atoms with Gasteiger partial charge in [-0.05, 0) is 37.4 Å². The fraction of sp³-hybridized carbons (Fsp3) is 0.611. The van der Waals surface area contributed by atoms with Crippen LogP contribution in [0.3, 0.4) is 0 Å². The highest BCUT2D eigenvalue weighted by Gasteiger charge is 2.20. The Morgan fingerprint density at radius 3 is 2.39 bits per heavy atom. The maximum absolute atomic E-state index is 12.1. The predicted octanol–water partition coefficient (Wildman–Crippen LogP) is 2.69. The Hall–Kier alpha value is -1.75. The van der Waals surface area contributed by atoms with E-state index in [1.165, 1.54) is 0 Å². The molecule has 0 aliphatic carbocycles. The van der Waals surface area contributed by atoms with Gasteiger partial charge in [0.25, 0.3) is 0 Å². The van der Waals surface area contributed by atoms with Crippen LogP contribution in [-0.2, 0) is 4.79 Å². The van der Waals surface area contributed by atoms with E-state index >= 15 is 0 Å². The number of ether oxygens (including phenoxy) is 2. The molecule has 0 aromatic heterocycles. The van der Waals surface area contributed by atoms with Crippen molar-refractivity contribution in [1.82, 2.24) is 4.90 Å². The van der Waals surface area contributed by atoms with Crippen LogP contribution in [0.2, 0.25) is 0 Å². The van der Waals surface area contributed by atoms with Crippen LogP contribution in [0.5, 0.6) is 11.5 Å². The zero-order chi connectivity index (χ0) is 17.3. The van der Waals surface area contributed by atoms with E-state index in [1.807, 2.05) is 38.2 Å². The third-order valence-electron chi connectivity index (χ3n) is 3.59. The van der Waals surface area contributed by atoms with Crippen molar-refractivity contribution >= 4 is 5.91 Å². The third-order valence-corrected chi connectivity index (χ3v) is 3.59. The minimum Gasteiger partial charge on any atom is -0.490 e. The zero-order valence-electron chi connectivity index (χ0n) is 14.8. The summed E-state index contributed by atoms with van der Waals surface area (Å²) < 4.78 is 11.2. The fourth-order valence-electron chi connectivity index (χ4n) is 2.24. The lowest BCUT2D eigenvalue weighted by Crippen LogP contribution is -2.39. The maximum Gasteiger partial charge on any atom is 0.222 e. The van der Waals surface area contributed by atoms with Crippen molar-refractivity contribution in [3.8, 4) is 11.5 Å². The molecule has 5 heteroatoms. The number of benzene rings is 1. The van der Waals surface area contributed by atoms with Crippen LogP contribution in [0, 0.1) is 5.41 Å². The van der Waals surface area contributed by atoms with Gasteiger partial charge < -0.3 is 20.1 Å². The number of rotatable bonds is 10. The minimum atomic E-state index is -0.0582. The summed E-state index contributed by atoms with van der Waals surface area (Å²) in [5, 5.41) is 0. The summed E-state index contributed by atoms with van der Waals surface area (Å²) in [5.41, 5.74) is 5.65. The molecule has 1 amide bonds. The summed E-state index contributed by atoms with van der Waals surface area (Å²) >= 11 is 0. The van der Waals surface area contributed by atoms with Crippen molar-refractivity contribution in [2.45, 2.75) is 33.6 Å². The first-order valence-electron chi connectivity index (χ1n) is 8.18. The monoisotopic (exact) mass is 322 g/mol. The number of para-hydroxylation sites is 2. The number of nitrogens with two attached hydrogens (primary N) is 1. The van der Waals surface area contributed by atoms with Gasteiger partial charge in [0.2, 0.25) is 5.91 Å². The van der Waals surface area contributed by atoms with Gasteiger partial charge in [-0.3, -0.25) is 4.79 Å². The van der Waals surface area contributed by atoms with E-state index in [0.29, 0.717) is 39.1 Å². The average Bonchev–Trinajstić information content (AvgIpc) is 2.52. The van der Waals surface area contributed by atoms with Gasteiger partial charge >= 0.3 is 0 Å². The summed E-state index contributed by atoms with van der Waals surface area (Å²) in [4.78, 5) is 13.9. The topological polar surface area (TPSA) is 64.8 Å². The molecular weight excluding hydrogens is 292 g/mol. The molecule has 0 spiro atoms. The molecular formula is C18H30N2O3. The lowest BCUT2D eigenvalue weighted by molar-refractivity contribution is -0.131. The fourth-order valence-corrected chi connectivity index (χ4v) is 2.24. The van der Waals surface area contributed by atoms with Crippen LogP contribution in [-0.4, -0.2) is 44.2 Å². The third kappa shape index (κ3) is 6.91. The summed E-state index contributed by atoms with van der Waals surface area (Å²) in [6, 6.07) is 7.58. The van der Waals surface area contributed by atoms with Crippen molar-refractivity contribution < 1.29 is 14.3 Å².